The van der Waals surface area contributed by atoms with Gasteiger partial charge >= 0.3 is 0 Å². The first-order valence-corrected chi connectivity index (χ1v) is 6.29. The lowest BCUT2D eigenvalue weighted by Crippen LogP contribution is -2.30. The van der Waals surface area contributed by atoms with Crippen LogP contribution in [0.1, 0.15) is 18.2 Å². The summed E-state index contributed by atoms with van der Waals surface area (Å²) < 4.78 is 1.26. The molecule has 106 valence electrons. The molecular weight excluding hydrogens is 258 g/mol. The lowest BCUT2D eigenvalue weighted by Gasteiger charge is -2.16. The second-order valence-corrected chi connectivity index (χ2v) is 4.46. The molecule has 8 heteroatoms. The van der Waals surface area contributed by atoms with Crippen LogP contribution in [0.25, 0.3) is 0 Å². The van der Waals surface area contributed by atoms with Crippen LogP contribution in [0.3, 0.4) is 0 Å². The van der Waals surface area contributed by atoms with Gasteiger partial charge in [0.25, 0.3) is 0 Å². The van der Waals surface area contributed by atoms with Crippen molar-refractivity contribution in [1.82, 2.24) is 30.1 Å². The van der Waals surface area contributed by atoms with E-state index in [9.17, 15) is 4.79 Å². The third-order valence-electron chi connectivity index (χ3n) is 2.96. The number of nitrogens with two attached hydrogens (primary N) is 1. The standard InChI is InChI=1S/C12H17N7O/c1-3-9-4-5-10(14-6-9)7-18(2)11(20)8-19-12(13)15-16-17-19/h4-6H,3,7-8H2,1-2H3,(H2,13,15,17). The molecule has 0 aromatic carbocycles. The number of hydrogen-bond donors (Lipinski definition) is 1. The van der Waals surface area contributed by atoms with Crippen LogP contribution in [0, 0.1) is 0 Å². The molecule has 2 aromatic heterocycles. The van der Waals surface area contributed by atoms with Crippen molar-refractivity contribution in [3.8, 4) is 0 Å². The molecule has 0 unspecified atom stereocenters. The number of aromatic nitrogens is 5. The largest absolute Gasteiger partial charge is 0.367 e. The first-order chi connectivity index (χ1) is 9.60. The molecular formula is C12H17N7O. The maximum absolute atomic E-state index is 12.0. The zero-order valence-corrected chi connectivity index (χ0v) is 11.5. The predicted octanol–water partition coefficient (Wildman–Crippen LogP) is -0.129. The van der Waals surface area contributed by atoms with Gasteiger partial charge in [-0.3, -0.25) is 9.78 Å². The van der Waals surface area contributed by atoms with Gasteiger partial charge in [-0.2, -0.15) is 0 Å². The highest BCUT2D eigenvalue weighted by Crippen LogP contribution is 2.04. The molecule has 2 N–H and O–H groups in total. The fourth-order valence-electron chi connectivity index (χ4n) is 1.66. The topological polar surface area (TPSA) is 103 Å². The highest BCUT2D eigenvalue weighted by atomic mass is 16.2. The molecule has 0 saturated heterocycles. The lowest BCUT2D eigenvalue weighted by atomic mass is 10.2. The van der Waals surface area contributed by atoms with Crippen molar-refractivity contribution in [2.24, 2.45) is 0 Å². The number of hydrogen-bond acceptors (Lipinski definition) is 6. The third kappa shape index (κ3) is 3.28. The first-order valence-electron chi connectivity index (χ1n) is 6.29. The molecule has 1 amide bonds. The number of carbonyl (C=O) groups is 1. The number of carbonyl (C=O) groups excluding carboxylic acids is 1. The summed E-state index contributed by atoms with van der Waals surface area (Å²) in [6.07, 6.45) is 2.77. The minimum atomic E-state index is -0.134. The van der Waals surface area contributed by atoms with E-state index in [-0.39, 0.29) is 18.4 Å². The third-order valence-corrected chi connectivity index (χ3v) is 2.96. The zero-order chi connectivity index (χ0) is 14.5. The second-order valence-electron chi connectivity index (χ2n) is 4.46. The van der Waals surface area contributed by atoms with Crippen molar-refractivity contribution < 1.29 is 4.79 Å². The Hall–Kier alpha value is -2.51. The van der Waals surface area contributed by atoms with Gasteiger partial charge < -0.3 is 10.6 Å². The highest BCUT2D eigenvalue weighted by Gasteiger charge is 2.13. The molecule has 0 atom stereocenters. The maximum atomic E-state index is 12.0. The van der Waals surface area contributed by atoms with Crippen LogP contribution in [0.15, 0.2) is 18.3 Å². The molecule has 0 saturated carbocycles. The number of tetrazole rings is 1. The molecule has 8 nitrogen and oxygen atoms in total. The van der Waals surface area contributed by atoms with E-state index >= 15 is 0 Å². The van der Waals surface area contributed by atoms with E-state index in [2.05, 4.69) is 27.4 Å². The van der Waals surface area contributed by atoms with E-state index in [1.165, 1.54) is 10.2 Å². The molecule has 0 radical (unpaired) electrons. The fourth-order valence-corrected chi connectivity index (χ4v) is 1.66. The molecule has 0 aliphatic carbocycles. The van der Waals surface area contributed by atoms with Crippen molar-refractivity contribution in [3.63, 3.8) is 0 Å². The quantitative estimate of drug-likeness (QED) is 0.815. The molecule has 2 rings (SSSR count). The molecule has 0 spiro atoms. The van der Waals surface area contributed by atoms with E-state index in [0.717, 1.165) is 12.1 Å². The number of amides is 1. The lowest BCUT2D eigenvalue weighted by molar-refractivity contribution is -0.131. The van der Waals surface area contributed by atoms with Gasteiger partial charge in [0.2, 0.25) is 11.9 Å². The van der Waals surface area contributed by atoms with Crippen molar-refractivity contribution in [3.05, 3.63) is 29.6 Å². The molecule has 2 aromatic rings. The molecule has 0 bridgehead atoms. The average Bonchev–Trinajstić information content (AvgIpc) is 2.85. The normalized spacial score (nSPS) is 10.5. The molecule has 2 heterocycles. The van der Waals surface area contributed by atoms with Gasteiger partial charge in [0.05, 0.1) is 12.2 Å². The Kier molecular flexibility index (Phi) is 4.24. The first kappa shape index (κ1) is 13.9. The number of rotatable bonds is 5. The van der Waals surface area contributed by atoms with E-state index < -0.39 is 0 Å². The van der Waals surface area contributed by atoms with Gasteiger partial charge in [-0.15, -0.1) is 0 Å². The number of nitrogen functional groups attached to an aromatic ring is 1. The summed E-state index contributed by atoms with van der Waals surface area (Å²) in [4.78, 5) is 17.9. The Labute approximate surface area is 116 Å². The fraction of sp³-hybridized carbons (Fsp3) is 0.417. The van der Waals surface area contributed by atoms with E-state index in [1.54, 1.807) is 11.9 Å². The van der Waals surface area contributed by atoms with E-state index in [1.807, 2.05) is 18.3 Å². The summed E-state index contributed by atoms with van der Waals surface area (Å²) in [6.45, 7) is 2.52. The Bertz CT molecular complexity index is 578. The number of nitrogens with zero attached hydrogens (tertiary/aromatic N) is 6. The van der Waals surface area contributed by atoms with Crippen LogP contribution in [-0.2, 0) is 24.3 Å². The van der Waals surface area contributed by atoms with Crippen LogP contribution in [-0.4, -0.2) is 43.0 Å². The predicted molar refractivity (Wildman–Crippen MR) is 72.3 cm³/mol. The summed E-state index contributed by atoms with van der Waals surface area (Å²) in [5, 5.41) is 10.6. The summed E-state index contributed by atoms with van der Waals surface area (Å²) in [5.74, 6) is -0.0115. The van der Waals surface area contributed by atoms with Crippen LogP contribution in [0.4, 0.5) is 5.95 Å². The van der Waals surface area contributed by atoms with Gasteiger partial charge in [0.15, 0.2) is 0 Å². The molecule has 0 fully saturated rings. The minimum absolute atomic E-state index is 0.0162. The van der Waals surface area contributed by atoms with Gasteiger partial charge in [-0.05, 0) is 28.5 Å². The molecule has 20 heavy (non-hydrogen) atoms. The number of pyridine rings is 1. The van der Waals surface area contributed by atoms with Crippen LogP contribution < -0.4 is 5.73 Å². The Balaban J connectivity index is 1.95. The van der Waals surface area contributed by atoms with Crippen LogP contribution >= 0.6 is 0 Å². The molecule has 0 aliphatic heterocycles. The van der Waals surface area contributed by atoms with Gasteiger partial charge in [0, 0.05) is 13.2 Å². The minimum Gasteiger partial charge on any atom is -0.367 e. The monoisotopic (exact) mass is 275 g/mol. The van der Waals surface area contributed by atoms with Gasteiger partial charge in [-0.1, -0.05) is 18.1 Å². The Morgan fingerprint density at radius 1 is 1.45 bits per heavy atom. The Morgan fingerprint density at radius 2 is 2.25 bits per heavy atom. The van der Waals surface area contributed by atoms with Crippen molar-refractivity contribution in [2.75, 3.05) is 12.8 Å². The SMILES string of the molecule is CCc1ccc(CN(C)C(=O)Cn2nnnc2N)nc1. The van der Waals surface area contributed by atoms with Crippen molar-refractivity contribution >= 4 is 11.9 Å². The van der Waals surface area contributed by atoms with E-state index in [0.29, 0.717) is 6.54 Å². The van der Waals surface area contributed by atoms with Gasteiger partial charge in [0.1, 0.15) is 6.54 Å². The number of aryl methyl sites for hydroxylation is 1. The smallest absolute Gasteiger partial charge is 0.244 e. The second kappa shape index (κ2) is 6.09. The van der Waals surface area contributed by atoms with E-state index in [4.69, 9.17) is 5.73 Å². The Morgan fingerprint density at radius 3 is 2.80 bits per heavy atom. The number of likely N-dealkylation sites (N-methyl/N-ethyl adjacent to an activating group) is 1. The zero-order valence-electron chi connectivity index (χ0n) is 11.5. The van der Waals surface area contributed by atoms with Crippen molar-refractivity contribution in [2.45, 2.75) is 26.4 Å². The molecule has 0 aliphatic rings. The van der Waals surface area contributed by atoms with Crippen LogP contribution in [0.2, 0.25) is 0 Å². The van der Waals surface area contributed by atoms with Crippen LogP contribution in [0.5, 0.6) is 0 Å². The summed E-state index contributed by atoms with van der Waals surface area (Å²) in [5.41, 5.74) is 7.52. The summed E-state index contributed by atoms with van der Waals surface area (Å²) in [7, 11) is 1.71. The summed E-state index contributed by atoms with van der Waals surface area (Å²) >= 11 is 0. The van der Waals surface area contributed by atoms with Gasteiger partial charge in [-0.25, -0.2) is 4.68 Å². The summed E-state index contributed by atoms with van der Waals surface area (Å²) in [6, 6.07) is 3.94. The highest BCUT2D eigenvalue weighted by molar-refractivity contribution is 5.75. The maximum Gasteiger partial charge on any atom is 0.244 e. The van der Waals surface area contributed by atoms with Crippen molar-refractivity contribution in [1.29, 1.82) is 0 Å². The number of anilines is 1. The average molecular weight is 275 g/mol.